The molecule has 2 aromatic carbocycles. The molecule has 0 aliphatic carbocycles. The zero-order valence-electron chi connectivity index (χ0n) is 16.6. The fourth-order valence-corrected chi connectivity index (χ4v) is 3.61. The fraction of sp³-hybridized carbons (Fsp3) is 0.318. The normalized spacial score (nSPS) is 16.7. The van der Waals surface area contributed by atoms with Crippen LogP contribution >= 0.6 is 11.6 Å². The van der Waals surface area contributed by atoms with Crippen molar-refractivity contribution in [3.8, 4) is 0 Å². The van der Waals surface area contributed by atoms with Crippen LogP contribution in [0, 0.1) is 0 Å². The Morgan fingerprint density at radius 1 is 1.13 bits per heavy atom. The van der Waals surface area contributed by atoms with E-state index in [9.17, 15) is 14.4 Å². The van der Waals surface area contributed by atoms with Gasteiger partial charge in [0.2, 0.25) is 11.8 Å². The van der Waals surface area contributed by atoms with E-state index in [1.165, 1.54) is 4.90 Å². The molecular weight excluding hydrogens is 404 g/mol. The van der Waals surface area contributed by atoms with Crippen molar-refractivity contribution in [2.24, 2.45) is 5.73 Å². The van der Waals surface area contributed by atoms with Gasteiger partial charge >= 0.3 is 0 Å². The molecule has 3 rings (SSSR count). The van der Waals surface area contributed by atoms with Gasteiger partial charge in [0, 0.05) is 29.4 Å². The summed E-state index contributed by atoms with van der Waals surface area (Å²) in [5.41, 5.74) is 7.56. The van der Waals surface area contributed by atoms with Crippen molar-refractivity contribution in [3.63, 3.8) is 0 Å². The molecule has 8 heteroatoms. The van der Waals surface area contributed by atoms with Gasteiger partial charge < -0.3 is 21.3 Å². The molecular formula is C22H25ClN4O3. The molecule has 0 radical (unpaired) electrons. The lowest BCUT2D eigenvalue weighted by molar-refractivity contribution is -0.135. The SMILES string of the molecule is NCc1cccc(NC(=O)CN2CCCCC(NC(=O)c3cccc(Cl)c3)C2=O)c1. The highest BCUT2D eigenvalue weighted by molar-refractivity contribution is 6.31. The van der Waals surface area contributed by atoms with Crippen LogP contribution in [0.15, 0.2) is 48.5 Å². The summed E-state index contributed by atoms with van der Waals surface area (Å²) in [5.74, 6) is -0.908. The number of nitrogens with one attached hydrogen (secondary N) is 2. The maximum Gasteiger partial charge on any atom is 0.251 e. The van der Waals surface area contributed by atoms with Gasteiger partial charge in [0.15, 0.2) is 0 Å². The average Bonchev–Trinajstić information content (AvgIpc) is 2.90. The lowest BCUT2D eigenvalue weighted by atomic mass is 10.1. The molecule has 7 nitrogen and oxygen atoms in total. The minimum atomic E-state index is -0.674. The van der Waals surface area contributed by atoms with Crippen LogP contribution in [0.25, 0.3) is 0 Å². The minimum absolute atomic E-state index is 0.0742. The first-order chi connectivity index (χ1) is 14.5. The number of hydrogen-bond acceptors (Lipinski definition) is 4. The van der Waals surface area contributed by atoms with Gasteiger partial charge in [0.25, 0.3) is 5.91 Å². The van der Waals surface area contributed by atoms with E-state index >= 15 is 0 Å². The van der Waals surface area contributed by atoms with E-state index in [1.807, 2.05) is 12.1 Å². The second-order valence-corrected chi connectivity index (χ2v) is 7.68. The van der Waals surface area contributed by atoms with Gasteiger partial charge in [-0.15, -0.1) is 0 Å². The number of nitrogens with zero attached hydrogens (tertiary/aromatic N) is 1. The number of halogens is 1. The third kappa shape index (κ3) is 5.81. The van der Waals surface area contributed by atoms with E-state index in [-0.39, 0.29) is 24.3 Å². The van der Waals surface area contributed by atoms with Crippen molar-refractivity contribution < 1.29 is 14.4 Å². The van der Waals surface area contributed by atoms with Crippen LogP contribution in [0.5, 0.6) is 0 Å². The van der Waals surface area contributed by atoms with E-state index in [1.54, 1.807) is 36.4 Å². The predicted molar refractivity (Wildman–Crippen MR) is 116 cm³/mol. The molecule has 1 aliphatic heterocycles. The average molecular weight is 429 g/mol. The summed E-state index contributed by atoms with van der Waals surface area (Å²) >= 11 is 5.95. The van der Waals surface area contributed by atoms with Gasteiger partial charge in [-0.05, 0) is 55.2 Å². The molecule has 1 saturated heterocycles. The van der Waals surface area contributed by atoms with Crippen molar-refractivity contribution in [2.45, 2.75) is 31.8 Å². The molecule has 4 N–H and O–H groups in total. The quantitative estimate of drug-likeness (QED) is 0.657. The number of likely N-dealkylation sites (tertiary alicyclic amines) is 1. The Labute approximate surface area is 180 Å². The lowest BCUT2D eigenvalue weighted by Crippen LogP contribution is -2.49. The topological polar surface area (TPSA) is 105 Å². The monoisotopic (exact) mass is 428 g/mol. The number of benzene rings is 2. The van der Waals surface area contributed by atoms with Crippen molar-refractivity contribution in [1.82, 2.24) is 10.2 Å². The number of amides is 3. The van der Waals surface area contributed by atoms with Crippen LogP contribution in [-0.4, -0.2) is 41.8 Å². The highest BCUT2D eigenvalue weighted by Crippen LogP contribution is 2.16. The summed E-state index contributed by atoms with van der Waals surface area (Å²) in [5, 5.41) is 6.04. The summed E-state index contributed by atoms with van der Waals surface area (Å²) in [7, 11) is 0. The Hall–Kier alpha value is -2.90. The molecule has 0 aromatic heterocycles. The fourth-order valence-electron chi connectivity index (χ4n) is 3.42. The third-order valence-corrected chi connectivity index (χ3v) is 5.19. The maximum atomic E-state index is 13.0. The third-order valence-electron chi connectivity index (χ3n) is 4.95. The zero-order valence-corrected chi connectivity index (χ0v) is 17.3. The van der Waals surface area contributed by atoms with Crippen LogP contribution < -0.4 is 16.4 Å². The molecule has 1 unspecified atom stereocenters. The van der Waals surface area contributed by atoms with Gasteiger partial charge in [-0.2, -0.15) is 0 Å². The molecule has 1 atom stereocenters. The molecule has 1 heterocycles. The van der Waals surface area contributed by atoms with E-state index in [4.69, 9.17) is 17.3 Å². The number of carbonyl (C=O) groups is 3. The number of nitrogens with two attached hydrogens (primary N) is 1. The number of anilines is 1. The number of rotatable bonds is 6. The molecule has 3 amide bonds. The van der Waals surface area contributed by atoms with Gasteiger partial charge in [-0.3, -0.25) is 14.4 Å². The van der Waals surface area contributed by atoms with Gasteiger partial charge in [-0.25, -0.2) is 0 Å². The van der Waals surface area contributed by atoms with Crippen LogP contribution in [0.2, 0.25) is 5.02 Å². The largest absolute Gasteiger partial charge is 0.340 e. The molecule has 0 spiro atoms. The van der Waals surface area contributed by atoms with E-state index < -0.39 is 6.04 Å². The molecule has 1 aliphatic rings. The summed E-state index contributed by atoms with van der Waals surface area (Å²) < 4.78 is 0. The molecule has 0 bridgehead atoms. The van der Waals surface area contributed by atoms with Crippen molar-refractivity contribution >= 4 is 35.0 Å². The Morgan fingerprint density at radius 3 is 2.70 bits per heavy atom. The summed E-state index contributed by atoms with van der Waals surface area (Å²) in [4.78, 5) is 39.5. The Kier molecular flexibility index (Phi) is 7.43. The molecule has 158 valence electrons. The molecule has 30 heavy (non-hydrogen) atoms. The summed E-state index contributed by atoms with van der Waals surface area (Å²) in [6, 6.07) is 13.2. The zero-order chi connectivity index (χ0) is 21.5. The second-order valence-electron chi connectivity index (χ2n) is 7.24. The number of carbonyl (C=O) groups excluding carboxylic acids is 3. The first-order valence-corrected chi connectivity index (χ1v) is 10.3. The highest BCUT2D eigenvalue weighted by atomic mass is 35.5. The summed E-state index contributed by atoms with van der Waals surface area (Å²) in [6.07, 6.45) is 2.08. The smallest absolute Gasteiger partial charge is 0.251 e. The van der Waals surface area contributed by atoms with Crippen LogP contribution in [0.3, 0.4) is 0 Å². The van der Waals surface area contributed by atoms with E-state index in [2.05, 4.69) is 10.6 Å². The van der Waals surface area contributed by atoms with E-state index in [0.29, 0.717) is 35.8 Å². The Morgan fingerprint density at radius 2 is 1.93 bits per heavy atom. The molecule has 2 aromatic rings. The van der Waals surface area contributed by atoms with Crippen molar-refractivity contribution in [2.75, 3.05) is 18.4 Å². The van der Waals surface area contributed by atoms with Gasteiger partial charge in [-0.1, -0.05) is 29.8 Å². The van der Waals surface area contributed by atoms with Crippen LogP contribution in [-0.2, 0) is 16.1 Å². The lowest BCUT2D eigenvalue weighted by Gasteiger charge is -2.24. The van der Waals surface area contributed by atoms with Gasteiger partial charge in [0.1, 0.15) is 6.04 Å². The molecule has 0 saturated carbocycles. The van der Waals surface area contributed by atoms with Crippen LogP contribution in [0.1, 0.15) is 35.2 Å². The van der Waals surface area contributed by atoms with Crippen molar-refractivity contribution in [3.05, 3.63) is 64.7 Å². The number of hydrogen-bond donors (Lipinski definition) is 3. The Bertz CT molecular complexity index is 934. The predicted octanol–water partition coefficient (Wildman–Crippen LogP) is 2.55. The first kappa shape index (κ1) is 21.8. The van der Waals surface area contributed by atoms with Gasteiger partial charge in [0.05, 0.1) is 6.54 Å². The standard InChI is InChI=1S/C22H25ClN4O3/c23-17-7-4-6-16(12-17)21(29)26-19-9-1-2-10-27(22(19)30)14-20(28)25-18-8-3-5-15(11-18)13-24/h3-8,11-12,19H,1-2,9-10,13-14,24H2,(H,25,28)(H,26,29). The van der Waals surface area contributed by atoms with Crippen LogP contribution in [0.4, 0.5) is 5.69 Å². The summed E-state index contributed by atoms with van der Waals surface area (Å²) in [6.45, 7) is 0.774. The highest BCUT2D eigenvalue weighted by Gasteiger charge is 2.29. The molecule has 1 fully saturated rings. The maximum absolute atomic E-state index is 13.0. The Balaban J connectivity index is 1.62. The first-order valence-electron chi connectivity index (χ1n) is 9.90. The second kappa shape index (κ2) is 10.2. The van der Waals surface area contributed by atoms with E-state index in [0.717, 1.165) is 18.4 Å². The van der Waals surface area contributed by atoms with Crippen molar-refractivity contribution in [1.29, 1.82) is 0 Å². The minimum Gasteiger partial charge on any atom is -0.340 e.